The number of hydrogen-bond acceptors (Lipinski definition) is 4. The average molecular weight is 269 g/mol. The molecule has 102 valence electrons. The van der Waals surface area contributed by atoms with E-state index in [-0.39, 0.29) is 11.9 Å². The molecule has 20 heavy (non-hydrogen) atoms. The van der Waals surface area contributed by atoms with Crippen LogP contribution in [-0.2, 0) is 9.53 Å². The van der Waals surface area contributed by atoms with Crippen molar-refractivity contribution in [2.75, 3.05) is 14.2 Å². The first-order valence-corrected chi connectivity index (χ1v) is 6.21. The first-order chi connectivity index (χ1) is 9.62. The number of hydrogen-bond donors (Lipinski definition) is 0. The van der Waals surface area contributed by atoms with Gasteiger partial charge in [0.15, 0.2) is 0 Å². The first-order valence-electron chi connectivity index (χ1n) is 6.21. The molecule has 0 radical (unpaired) electrons. The quantitative estimate of drug-likeness (QED) is 0.804. The predicted octanol–water partition coefficient (Wildman–Crippen LogP) is 3.00. The van der Waals surface area contributed by atoms with Crippen molar-refractivity contribution >= 4 is 16.7 Å². The molecule has 0 N–H and O–H groups in total. The zero-order chi connectivity index (χ0) is 14.7. The number of carbonyl (C=O) groups is 1. The van der Waals surface area contributed by atoms with Crippen LogP contribution in [0, 0.1) is 11.3 Å². The van der Waals surface area contributed by atoms with E-state index in [1.54, 1.807) is 13.0 Å². The standard InChI is InChI=1S/C16H15NO3/c1-10(16(18)20-3)11-4-6-13-12(8-11)5-7-15(19-2)14(13)9-17/h4-8,10H,1-3H3/t10-/m1/s1. The summed E-state index contributed by atoms with van der Waals surface area (Å²) in [4.78, 5) is 11.6. The summed E-state index contributed by atoms with van der Waals surface area (Å²) in [6, 6.07) is 11.4. The SMILES string of the molecule is COC(=O)[C@H](C)c1ccc2c(C#N)c(OC)ccc2c1. The van der Waals surface area contributed by atoms with Crippen molar-refractivity contribution in [2.24, 2.45) is 0 Å². The van der Waals surface area contributed by atoms with Crippen molar-refractivity contribution in [1.82, 2.24) is 0 Å². The molecule has 0 heterocycles. The third-order valence-electron chi connectivity index (χ3n) is 3.39. The van der Waals surface area contributed by atoms with Gasteiger partial charge in [-0.05, 0) is 23.9 Å². The Hall–Kier alpha value is -2.54. The number of nitriles is 1. The fraction of sp³-hybridized carbons (Fsp3) is 0.250. The van der Waals surface area contributed by atoms with Crippen LogP contribution in [0.3, 0.4) is 0 Å². The number of methoxy groups -OCH3 is 2. The fourth-order valence-corrected chi connectivity index (χ4v) is 2.20. The Morgan fingerprint density at radius 2 is 2.00 bits per heavy atom. The van der Waals surface area contributed by atoms with Crippen LogP contribution in [0.4, 0.5) is 0 Å². The highest BCUT2D eigenvalue weighted by molar-refractivity contribution is 5.91. The van der Waals surface area contributed by atoms with Crippen LogP contribution >= 0.6 is 0 Å². The van der Waals surface area contributed by atoms with Gasteiger partial charge in [0.2, 0.25) is 0 Å². The van der Waals surface area contributed by atoms with Crippen molar-refractivity contribution in [3.05, 3.63) is 41.5 Å². The van der Waals surface area contributed by atoms with Gasteiger partial charge in [-0.15, -0.1) is 0 Å². The molecule has 2 aromatic rings. The van der Waals surface area contributed by atoms with Gasteiger partial charge in [-0.1, -0.05) is 24.3 Å². The Morgan fingerprint density at radius 1 is 1.25 bits per heavy atom. The van der Waals surface area contributed by atoms with E-state index in [0.717, 1.165) is 16.3 Å². The second-order valence-electron chi connectivity index (χ2n) is 4.48. The normalized spacial score (nSPS) is 11.7. The lowest BCUT2D eigenvalue weighted by Gasteiger charge is -2.12. The number of nitrogens with zero attached hydrogens (tertiary/aromatic N) is 1. The van der Waals surface area contributed by atoms with Crippen LogP contribution in [0.2, 0.25) is 0 Å². The molecule has 4 nitrogen and oxygen atoms in total. The van der Waals surface area contributed by atoms with Crippen LogP contribution in [0.15, 0.2) is 30.3 Å². The number of ether oxygens (including phenoxy) is 2. The van der Waals surface area contributed by atoms with Crippen molar-refractivity contribution in [3.63, 3.8) is 0 Å². The topological polar surface area (TPSA) is 59.3 Å². The van der Waals surface area contributed by atoms with E-state index in [4.69, 9.17) is 9.47 Å². The summed E-state index contributed by atoms with van der Waals surface area (Å²) in [5.41, 5.74) is 1.36. The van der Waals surface area contributed by atoms with Gasteiger partial charge in [-0.25, -0.2) is 0 Å². The molecular formula is C16H15NO3. The number of fused-ring (bicyclic) bond motifs is 1. The molecule has 0 aliphatic heterocycles. The minimum atomic E-state index is -0.336. The molecule has 0 amide bonds. The van der Waals surface area contributed by atoms with Crippen LogP contribution in [0.1, 0.15) is 24.0 Å². The molecule has 4 heteroatoms. The smallest absolute Gasteiger partial charge is 0.312 e. The Balaban J connectivity index is 2.57. The van der Waals surface area contributed by atoms with Gasteiger partial charge in [0, 0.05) is 5.39 Å². The minimum Gasteiger partial charge on any atom is -0.495 e. The number of carbonyl (C=O) groups excluding carboxylic acids is 1. The van der Waals surface area contributed by atoms with Crippen LogP contribution in [-0.4, -0.2) is 20.2 Å². The Kier molecular flexibility index (Phi) is 3.90. The minimum absolute atomic E-state index is 0.279. The molecule has 0 fully saturated rings. The molecule has 0 aliphatic carbocycles. The third kappa shape index (κ3) is 2.30. The van der Waals surface area contributed by atoms with Gasteiger partial charge in [0.1, 0.15) is 17.4 Å². The first kappa shape index (κ1) is 13.9. The van der Waals surface area contributed by atoms with Gasteiger partial charge >= 0.3 is 5.97 Å². The zero-order valence-corrected chi connectivity index (χ0v) is 11.6. The van der Waals surface area contributed by atoms with Crippen LogP contribution in [0.5, 0.6) is 5.75 Å². The highest BCUT2D eigenvalue weighted by Crippen LogP contribution is 2.29. The van der Waals surface area contributed by atoms with E-state index >= 15 is 0 Å². The zero-order valence-electron chi connectivity index (χ0n) is 11.6. The van der Waals surface area contributed by atoms with Crippen LogP contribution < -0.4 is 4.74 Å². The maximum absolute atomic E-state index is 11.6. The second-order valence-corrected chi connectivity index (χ2v) is 4.48. The Bertz CT molecular complexity index is 701. The lowest BCUT2D eigenvalue weighted by Crippen LogP contribution is -2.10. The number of rotatable bonds is 3. The maximum Gasteiger partial charge on any atom is 0.312 e. The van der Waals surface area contributed by atoms with E-state index in [2.05, 4.69) is 6.07 Å². The third-order valence-corrected chi connectivity index (χ3v) is 3.39. The van der Waals surface area contributed by atoms with Gasteiger partial charge < -0.3 is 9.47 Å². The Morgan fingerprint density at radius 3 is 2.60 bits per heavy atom. The summed E-state index contributed by atoms with van der Waals surface area (Å²) in [7, 11) is 2.91. The second kappa shape index (κ2) is 5.62. The van der Waals surface area contributed by atoms with E-state index < -0.39 is 0 Å². The van der Waals surface area contributed by atoms with E-state index in [0.29, 0.717) is 11.3 Å². The highest BCUT2D eigenvalue weighted by Gasteiger charge is 2.16. The average Bonchev–Trinajstić information content (AvgIpc) is 2.51. The van der Waals surface area contributed by atoms with Gasteiger partial charge in [-0.3, -0.25) is 4.79 Å². The summed E-state index contributed by atoms with van der Waals surface area (Å²) in [5, 5.41) is 11.0. The molecule has 0 bridgehead atoms. The van der Waals surface area contributed by atoms with E-state index in [9.17, 15) is 10.1 Å². The van der Waals surface area contributed by atoms with E-state index in [1.165, 1.54) is 14.2 Å². The summed E-state index contributed by atoms with van der Waals surface area (Å²) >= 11 is 0. The van der Waals surface area contributed by atoms with Crippen molar-refractivity contribution in [1.29, 1.82) is 5.26 Å². The summed E-state index contributed by atoms with van der Waals surface area (Å²) in [5.74, 6) is -0.0656. The van der Waals surface area contributed by atoms with Crippen molar-refractivity contribution in [2.45, 2.75) is 12.8 Å². The maximum atomic E-state index is 11.6. The van der Waals surface area contributed by atoms with Crippen molar-refractivity contribution in [3.8, 4) is 11.8 Å². The summed E-state index contributed by atoms with van der Waals surface area (Å²) < 4.78 is 9.93. The predicted molar refractivity (Wildman–Crippen MR) is 75.6 cm³/mol. The summed E-state index contributed by atoms with van der Waals surface area (Å²) in [6.45, 7) is 1.79. The molecule has 0 aromatic heterocycles. The molecule has 0 aliphatic rings. The lowest BCUT2D eigenvalue weighted by atomic mass is 9.96. The molecule has 0 saturated heterocycles. The van der Waals surface area contributed by atoms with Gasteiger partial charge in [0.05, 0.1) is 20.1 Å². The molecule has 2 rings (SSSR count). The van der Waals surface area contributed by atoms with Gasteiger partial charge in [-0.2, -0.15) is 5.26 Å². The molecule has 2 aromatic carbocycles. The monoisotopic (exact) mass is 269 g/mol. The van der Waals surface area contributed by atoms with Crippen LogP contribution in [0.25, 0.3) is 10.8 Å². The molecule has 0 saturated carbocycles. The molecule has 0 spiro atoms. The van der Waals surface area contributed by atoms with Crippen molar-refractivity contribution < 1.29 is 14.3 Å². The largest absolute Gasteiger partial charge is 0.495 e. The van der Waals surface area contributed by atoms with E-state index in [1.807, 2.05) is 24.3 Å². The fourth-order valence-electron chi connectivity index (χ4n) is 2.20. The highest BCUT2D eigenvalue weighted by atomic mass is 16.5. The molecule has 0 unspecified atom stereocenters. The Labute approximate surface area is 117 Å². The summed E-state index contributed by atoms with van der Waals surface area (Å²) in [6.07, 6.45) is 0. The lowest BCUT2D eigenvalue weighted by molar-refractivity contribution is -0.141. The molecule has 1 atom stereocenters. The molecular weight excluding hydrogens is 254 g/mol. The van der Waals surface area contributed by atoms with Gasteiger partial charge in [0.25, 0.3) is 0 Å². The number of benzene rings is 2. The number of esters is 1.